The third kappa shape index (κ3) is 96.4. The van der Waals surface area contributed by atoms with Crippen molar-refractivity contribution in [1.29, 1.82) is 0 Å². The molecule has 0 fully saturated rings. The summed E-state index contributed by atoms with van der Waals surface area (Å²) in [5.41, 5.74) is 0. The first-order valence-electron chi connectivity index (χ1n) is 0.683. The van der Waals surface area contributed by atoms with E-state index in [1.54, 1.807) is 0 Å². The average Bonchev–Trinajstić information content (AvgIpc) is 0.722. The Morgan fingerprint density at radius 3 is 1.67 bits per heavy atom. The zero-order valence-corrected chi connectivity index (χ0v) is 5.90. The smallest absolute Gasteiger partial charge is 0.726 e. The summed E-state index contributed by atoms with van der Waals surface area (Å²) in [6, 6.07) is 0. The molecule has 0 aliphatic carbocycles. The summed E-state index contributed by atoms with van der Waals surface area (Å²) in [6.45, 7) is 0. The van der Waals surface area contributed by atoms with E-state index >= 15 is 0 Å². The van der Waals surface area contributed by atoms with Gasteiger partial charge in [0.2, 0.25) is 10.4 Å². The van der Waals surface area contributed by atoms with Crippen LogP contribution in [0.1, 0.15) is 14.3 Å². The van der Waals surface area contributed by atoms with E-state index in [0.717, 1.165) is 0 Å². The molecule has 0 aromatic carbocycles. The molecule has 0 unspecified atom stereocenters. The van der Waals surface area contributed by atoms with Crippen LogP contribution in [0.3, 0.4) is 0 Å². The van der Waals surface area contributed by atoms with Gasteiger partial charge < -0.3 is 4.55 Å². The summed E-state index contributed by atoms with van der Waals surface area (Å²) >= 11 is 0. The average molecular weight is 140 g/mol. The number of hydrogen-bond acceptors (Lipinski definition) is 3. The van der Waals surface area contributed by atoms with E-state index in [1.165, 1.54) is 0 Å². The van der Waals surface area contributed by atoms with Crippen molar-refractivity contribution in [3.8, 4) is 0 Å². The Morgan fingerprint density at radius 1 is 1.67 bits per heavy atom. The summed E-state index contributed by atoms with van der Waals surface area (Å²) in [7, 11) is -4.92. The first kappa shape index (κ1) is 9.98. The molecule has 0 radical (unpaired) electrons. The van der Waals surface area contributed by atoms with E-state index in [4.69, 9.17) is 17.5 Å². The topological polar surface area (TPSA) is 77.4 Å². The van der Waals surface area contributed by atoms with Gasteiger partial charge in [-0.3, -0.25) is 4.55 Å². The monoisotopic (exact) mass is 140 g/mol. The van der Waals surface area contributed by atoms with Crippen LogP contribution < -0.4 is 29.6 Å². The zero-order chi connectivity index (χ0) is 4.50. The molecule has 0 spiro atoms. The predicted molar refractivity (Wildman–Crippen MR) is 33.5 cm³/mol. The second kappa shape index (κ2) is 2.95. The van der Waals surface area contributed by atoms with Crippen molar-refractivity contribution in [1.82, 2.24) is 0 Å². The molecule has 0 bridgehead atoms. The SMILES string of the molecule is O=S(=O)([O-])O.[HH].[HH].[HH].[HH].[HH].[HH].[HH].[HH].[HH].[HH].[Na+]. The minimum Gasteiger partial charge on any atom is -0.726 e. The molecule has 52 valence electrons. The molecule has 0 atom stereocenters. The minimum absolute atomic E-state index is 0. The summed E-state index contributed by atoms with van der Waals surface area (Å²) in [5, 5.41) is 0. The molecule has 6 heavy (non-hydrogen) atoms. The summed E-state index contributed by atoms with van der Waals surface area (Å²) in [6.07, 6.45) is 0. The van der Waals surface area contributed by atoms with Gasteiger partial charge >= 0.3 is 29.6 Å². The van der Waals surface area contributed by atoms with Gasteiger partial charge in [-0.25, -0.2) is 8.42 Å². The molecule has 0 aliphatic rings. The molecule has 6 heteroatoms. The van der Waals surface area contributed by atoms with Crippen molar-refractivity contribution in [2.45, 2.75) is 0 Å². The van der Waals surface area contributed by atoms with Crippen LogP contribution in [0.2, 0.25) is 0 Å². The van der Waals surface area contributed by atoms with Gasteiger partial charge in [-0.1, -0.05) is 0 Å². The van der Waals surface area contributed by atoms with Gasteiger partial charge in [0.25, 0.3) is 0 Å². The Balaban J connectivity index is -0.00000000145. The summed E-state index contributed by atoms with van der Waals surface area (Å²) in [5.74, 6) is 0. The van der Waals surface area contributed by atoms with E-state index in [-0.39, 0.29) is 43.8 Å². The second-order valence-electron chi connectivity index (χ2n) is 0.428. The fraction of sp³-hybridized carbons (Fsp3) is 0. The Bertz CT molecular complexity index is 106. The van der Waals surface area contributed by atoms with Crippen LogP contribution in [0.4, 0.5) is 0 Å². The minimum atomic E-state index is -4.92. The van der Waals surface area contributed by atoms with E-state index in [2.05, 4.69) is 0 Å². The van der Waals surface area contributed by atoms with Gasteiger partial charge in [0.05, 0.1) is 0 Å². The Morgan fingerprint density at radius 2 is 1.67 bits per heavy atom. The van der Waals surface area contributed by atoms with Crippen LogP contribution in [0.25, 0.3) is 0 Å². The molecule has 0 rings (SSSR count). The van der Waals surface area contributed by atoms with Crippen molar-refractivity contribution in [2.24, 2.45) is 0 Å². The number of hydrogen-bond donors (Lipinski definition) is 1. The molecule has 0 saturated carbocycles. The summed E-state index contributed by atoms with van der Waals surface area (Å²) < 4.78 is 32.8. The summed E-state index contributed by atoms with van der Waals surface area (Å²) in [4.78, 5) is 0. The zero-order valence-electron chi connectivity index (χ0n) is 3.08. The van der Waals surface area contributed by atoms with Crippen LogP contribution >= 0.6 is 0 Å². The second-order valence-corrected chi connectivity index (χ2v) is 1.28. The molecular weight excluding hydrogens is 119 g/mol. The van der Waals surface area contributed by atoms with Gasteiger partial charge in [0.15, 0.2) is 0 Å². The quantitative estimate of drug-likeness (QED) is 0.251. The molecule has 4 nitrogen and oxygen atoms in total. The van der Waals surface area contributed by atoms with Gasteiger partial charge in [-0.2, -0.15) is 0 Å². The van der Waals surface area contributed by atoms with E-state index in [9.17, 15) is 0 Å². The standard InChI is InChI=1S/Na.H2O4S.10H2/c;1-5(2,3)4;;;;;;;;;;/h;(H2,1,2,3,4);10*1H/q+1;;;;;;;;;;;/p-1. The molecule has 0 amide bonds. The van der Waals surface area contributed by atoms with Gasteiger partial charge in [-0.05, 0) is 0 Å². The molecule has 0 saturated heterocycles. The Hall–Kier alpha value is 0.870. The fourth-order valence-corrected chi connectivity index (χ4v) is 0. The molecular formula is H21NaO4S. The molecule has 0 aromatic heterocycles. The Labute approximate surface area is 72.3 Å². The predicted octanol–water partition coefficient (Wildman–Crippen LogP) is -1.53. The molecule has 0 aromatic rings. The van der Waals surface area contributed by atoms with Crippen LogP contribution in [-0.2, 0) is 10.4 Å². The molecule has 1 N–H and O–H groups in total. The van der Waals surface area contributed by atoms with Crippen molar-refractivity contribution in [3.63, 3.8) is 0 Å². The maximum absolute atomic E-state index is 8.63. The van der Waals surface area contributed by atoms with E-state index < -0.39 is 10.4 Å². The van der Waals surface area contributed by atoms with Crippen LogP contribution in [0.15, 0.2) is 0 Å². The van der Waals surface area contributed by atoms with Crippen molar-refractivity contribution >= 4 is 10.4 Å². The first-order valence-corrected chi connectivity index (χ1v) is 2.05. The van der Waals surface area contributed by atoms with E-state index in [1.807, 2.05) is 0 Å². The normalized spacial score (nSPS) is 9.67. The third-order valence-electron chi connectivity index (χ3n) is 0. The maximum Gasteiger partial charge on any atom is 1.00 e. The fourth-order valence-electron chi connectivity index (χ4n) is 0. The van der Waals surface area contributed by atoms with Crippen molar-refractivity contribution in [2.75, 3.05) is 0 Å². The first-order chi connectivity index (χ1) is 2.00. The third-order valence-corrected chi connectivity index (χ3v) is 0. The van der Waals surface area contributed by atoms with Gasteiger partial charge in [0.1, 0.15) is 0 Å². The van der Waals surface area contributed by atoms with Crippen LogP contribution in [0.5, 0.6) is 0 Å². The number of rotatable bonds is 0. The molecule has 0 heterocycles. The van der Waals surface area contributed by atoms with Gasteiger partial charge in [-0.15, -0.1) is 0 Å². The molecule has 0 aliphatic heterocycles. The van der Waals surface area contributed by atoms with Crippen molar-refractivity contribution < 1.29 is 61.3 Å². The van der Waals surface area contributed by atoms with Crippen LogP contribution in [-0.4, -0.2) is 17.5 Å². The van der Waals surface area contributed by atoms with Gasteiger partial charge in [0, 0.05) is 14.3 Å². The van der Waals surface area contributed by atoms with E-state index in [0.29, 0.717) is 0 Å². The Kier molecular flexibility index (Phi) is 4.91. The maximum atomic E-state index is 8.63. The largest absolute Gasteiger partial charge is 1.00 e. The van der Waals surface area contributed by atoms with Crippen LogP contribution in [0, 0.1) is 0 Å². The van der Waals surface area contributed by atoms with Crippen molar-refractivity contribution in [3.05, 3.63) is 0 Å².